The van der Waals surface area contributed by atoms with Gasteiger partial charge in [-0.25, -0.2) is 0 Å². The van der Waals surface area contributed by atoms with Crippen molar-refractivity contribution in [1.82, 2.24) is 0 Å². The molecular formula is C16H21NO6S. The van der Waals surface area contributed by atoms with Gasteiger partial charge in [-0.05, 0) is 38.0 Å². The number of carboxylic acids is 1. The van der Waals surface area contributed by atoms with Crippen molar-refractivity contribution in [3.63, 3.8) is 0 Å². The van der Waals surface area contributed by atoms with Crippen LogP contribution in [0.1, 0.15) is 32.3 Å². The van der Waals surface area contributed by atoms with E-state index in [1.54, 1.807) is 12.1 Å². The molecule has 0 radical (unpaired) electrons. The first-order valence-electron chi connectivity index (χ1n) is 7.49. The number of phenolic OH excluding ortho intramolecular Hbond substituents is 1. The molecule has 0 aromatic heterocycles. The van der Waals surface area contributed by atoms with Crippen LogP contribution in [0.5, 0.6) is 5.75 Å². The van der Waals surface area contributed by atoms with E-state index in [0.717, 1.165) is 0 Å². The van der Waals surface area contributed by atoms with Crippen molar-refractivity contribution >= 4 is 27.3 Å². The van der Waals surface area contributed by atoms with Crippen molar-refractivity contribution < 1.29 is 28.0 Å². The Balaban J connectivity index is 2.45. The van der Waals surface area contributed by atoms with Gasteiger partial charge in [0.2, 0.25) is 0 Å². The number of carbonyl (C=O) groups is 1. The third kappa shape index (κ3) is 4.27. The lowest BCUT2D eigenvalue weighted by Gasteiger charge is -2.43. The summed E-state index contributed by atoms with van der Waals surface area (Å²) >= 11 is 0. The highest BCUT2D eigenvalue weighted by Crippen LogP contribution is 2.41. The van der Waals surface area contributed by atoms with Crippen molar-refractivity contribution in [2.45, 2.75) is 32.2 Å². The lowest BCUT2D eigenvalue weighted by atomic mass is 9.88. The predicted molar refractivity (Wildman–Crippen MR) is 90.8 cm³/mol. The summed E-state index contributed by atoms with van der Waals surface area (Å²) in [7, 11) is -4.20. The van der Waals surface area contributed by atoms with Crippen molar-refractivity contribution in [2.24, 2.45) is 0 Å². The van der Waals surface area contributed by atoms with Gasteiger partial charge in [0.25, 0.3) is 10.1 Å². The Morgan fingerprint density at radius 3 is 2.54 bits per heavy atom. The number of fused-ring (bicyclic) bond motifs is 1. The highest BCUT2D eigenvalue weighted by molar-refractivity contribution is 7.86. The van der Waals surface area contributed by atoms with Gasteiger partial charge in [0.1, 0.15) is 11.5 Å². The van der Waals surface area contributed by atoms with Crippen LogP contribution in [0, 0.1) is 0 Å². The molecule has 1 aliphatic heterocycles. The standard InChI is InChI=1S/C16H21NO6S/c1-16(2)9-11(10-24(21,22)23)13-6-5-12(18)8-14(13)17(16)7-3-4-15(19)20/h5-6,8-9,18H,3-4,7,10H2,1-2H3,(H,19,20)(H,21,22,23). The van der Waals surface area contributed by atoms with Gasteiger partial charge in [-0.2, -0.15) is 8.42 Å². The van der Waals surface area contributed by atoms with Crippen LogP contribution in [0.2, 0.25) is 0 Å². The van der Waals surface area contributed by atoms with Crippen molar-refractivity contribution in [3.05, 3.63) is 29.8 Å². The van der Waals surface area contributed by atoms with E-state index in [0.29, 0.717) is 29.8 Å². The number of aliphatic carboxylic acids is 1. The third-order valence-electron chi connectivity index (χ3n) is 3.95. The molecule has 0 bridgehead atoms. The van der Waals surface area contributed by atoms with Gasteiger partial charge in [-0.3, -0.25) is 9.35 Å². The number of nitrogens with zero attached hydrogens (tertiary/aromatic N) is 1. The van der Waals surface area contributed by atoms with Crippen LogP contribution < -0.4 is 4.90 Å². The second kappa shape index (κ2) is 6.45. The van der Waals surface area contributed by atoms with Crippen molar-refractivity contribution in [2.75, 3.05) is 17.2 Å². The third-order valence-corrected chi connectivity index (χ3v) is 4.63. The molecule has 8 heteroatoms. The van der Waals surface area contributed by atoms with Gasteiger partial charge in [0.05, 0.1) is 5.54 Å². The summed E-state index contributed by atoms with van der Waals surface area (Å²) in [5.74, 6) is -1.37. The van der Waals surface area contributed by atoms with E-state index in [9.17, 15) is 22.9 Å². The minimum absolute atomic E-state index is 0.0162. The molecule has 1 aromatic carbocycles. The second-order valence-electron chi connectivity index (χ2n) is 6.40. The quantitative estimate of drug-likeness (QED) is 0.670. The molecule has 0 saturated heterocycles. The van der Waals surface area contributed by atoms with Gasteiger partial charge < -0.3 is 15.1 Å². The van der Waals surface area contributed by atoms with Crippen LogP contribution >= 0.6 is 0 Å². The number of aromatic hydroxyl groups is 1. The lowest BCUT2D eigenvalue weighted by Crippen LogP contribution is -2.46. The van der Waals surface area contributed by atoms with E-state index in [-0.39, 0.29) is 12.2 Å². The molecule has 1 aromatic rings. The number of anilines is 1. The molecule has 0 spiro atoms. The minimum Gasteiger partial charge on any atom is -0.508 e. The van der Waals surface area contributed by atoms with Crippen LogP contribution in [0.4, 0.5) is 5.69 Å². The first-order valence-corrected chi connectivity index (χ1v) is 9.10. The second-order valence-corrected chi connectivity index (χ2v) is 7.85. The van der Waals surface area contributed by atoms with E-state index in [1.807, 2.05) is 18.7 Å². The van der Waals surface area contributed by atoms with Crippen molar-refractivity contribution in [3.8, 4) is 5.75 Å². The van der Waals surface area contributed by atoms with E-state index >= 15 is 0 Å². The summed E-state index contributed by atoms with van der Waals surface area (Å²) in [5.41, 5.74) is 1.07. The summed E-state index contributed by atoms with van der Waals surface area (Å²) in [6, 6.07) is 4.57. The molecule has 132 valence electrons. The van der Waals surface area contributed by atoms with E-state index in [2.05, 4.69) is 0 Å². The average molecular weight is 355 g/mol. The van der Waals surface area contributed by atoms with Crippen molar-refractivity contribution in [1.29, 1.82) is 0 Å². The highest BCUT2D eigenvalue weighted by Gasteiger charge is 2.33. The Bertz CT molecular complexity index is 782. The number of carboxylic acid groups (broad SMARTS) is 1. The molecule has 1 heterocycles. The molecule has 7 nitrogen and oxygen atoms in total. The highest BCUT2D eigenvalue weighted by atomic mass is 32.2. The Morgan fingerprint density at radius 1 is 1.29 bits per heavy atom. The molecule has 0 fully saturated rings. The minimum atomic E-state index is -4.20. The summed E-state index contributed by atoms with van der Waals surface area (Å²) < 4.78 is 31.8. The molecule has 0 amide bonds. The maximum absolute atomic E-state index is 11.3. The fourth-order valence-electron chi connectivity index (χ4n) is 3.02. The number of benzene rings is 1. The molecule has 0 saturated carbocycles. The molecule has 0 unspecified atom stereocenters. The van der Waals surface area contributed by atoms with Gasteiger partial charge in [0.15, 0.2) is 0 Å². The first kappa shape index (κ1) is 18.3. The molecule has 0 aliphatic carbocycles. The smallest absolute Gasteiger partial charge is 0.303 e. The molecule has 1 aliphatic rings. The number of hydrogen-bond donors (Lipinski definition) is 3. The Morgan fingerprint density at radius 2 is 1.96 bits per heavy atom. The van der Waals surface area contributed by atoms with Crippen LogP contribution in [0.15, 0.2) is 24.3 Å². The van der Waals surface area contributed by atoms with Gasteiger partial charge in [-0.1, -0.05) is 6.08 Å². The molecule has 2 rings (SSSR count). The molecule has 0 atom stereocenters. The Kier molecular flexibility index (Phi) is 4.91. The molecule has 3 N–H and O–H groups in total. The van der Waals surface area contributed by atoms with Gasteiger partial charge in [-0.15, -0.1) is 0 Å². The van der Waals surface area contributed by atoms with Crippen LogP contribution in [0.25, 0.3) is 5.57 Å². The predicted octanol–water partition coefficient (Wildman–Crippen LogP) is 2.13. The fraction of sp³-hybridized carbons (Fsp3) is 0.438. The summed E-state index contributed by atoms with van der Waals surface area (Å²) in [4.78, 5) is 12.7. The SMILES string of the molecule is CC1(C)C=C(CS(=O)(=O)O)c2ccc(O)cc2N1CCCC(=O)O. The van der Waals surface area contributed by atoms with Crippen LogP contribution in [-0.4, -0.2) is 47.0 Å². The van der Waals surface area contributed by atoms with E-state index in [1.165, 1.54) is 12.1 Å². The first-order chi connectivity index (χ1) is 11.0. The van der Waals surface area contributed by atoms with Gasteiger partial charge >= 0.3 is 5.97 Å². The summed E-state index contributed by atoms with van der Waals surface area (Å²) in [6.45, 7) is 4.17. The molecule has 24 heavy (non-hydrogen) atoms. The summed E-state index contributed by atoms with van der Waals surface area (Å²) in [6.07, 6.45) is 2.18. The zero-order valence-corrected chi connectivity index (χ0v) is 14.4. The zero-order chi connectivity index (χ0) is 18.1. The van der Waals surface area contributed by atoms with E-state index in [4.69, 9.17) is 5.11 Å². The largest absolute Gasteiger partial charge is 0.508 e. The van der Waals surface area contributed by atoms with Crippen LogP contribution in [0.3, 0.4) is 0 Å². The maximum atomic E-state index is 11.3. The number of rotatable bonds is 6. The average Bonchev–Trinajstić information content (AvgIpc) is 2.39. The Hall–Kier alpha value is -2.06. The topological polar surface area (TPSA) is 115 Å². The number of hydrogen-bond acceptors (Lipinski definition) is 5. The molecular weight excluding hydrogens is 334 g/mol. The number of phenols is 1. The Labute approximate surface area is 141 Å². The summed E-state index contributed by atoms with van der Waals surface area (Å²) in [5, 5.41) is 18.6. The normalized spacial score (nSPS) is 16.5. The van der Waals surface area contributed by atoms with Gasteiger partial charge in [0, 0.05) is 30.3 Å². The zero-order valence-electron chi connectivity index (χ0n) is 13.6. The van der Waals surface area contributed by atoms with E-state index < -0.39 is 27.4 Å². The fourth-order valence-corrected chi connectivity index (χ4v) is 3.65. The lowest BCUT2D eigenvalue weighted by molar-refractivity contribution is -0.137. The van der Waals surface area contributed by atoms with Crippen LogP contribution in [-0.2, 0) is 14.9 Å². The maximum Gasteiger partial charge on any atom is 0.303 e. The monoisotopic (exact) mass is 355 g/mol.